The van der Waals surface area contributed by atoms with Crippen LogP contribution < -0.4 is 5.32 Å². The molecule has 0 bridgehead atoms. The Morgan fingerprint density at radius 1 is 1.57 bits per heavy atom. The van der Waals surface area contributed by atoms with Crippen molar-refractivity contribution in [2.75, 3.05) is 26.7 Å². The Morgan fingerprint density at radius 2 is 2.21 bits per heavy atom. The van der Waals surface area contributed by atoms with Crippen molar-refractivity contribution in [2.45, 2.75) is 19.3 Å². The van der Waals surface area contributed by atoms with Crippen molar-refractivity contribution < 1.29 is 4.79 Å². The zero-order chi connectivity index (χ0) is 10.4. The lowest BCUT2D eigenvalue weighted by atomic mass is 9.94. The van der Waals surface area contributed by atoms with Crippen molar-refractivity contribution >= 4 is 5.91 Å². The molecule has 0 aromatic carbocycles. The predicted octanol–water partition coefficient (Wildman–Crippen LogP) is 0.468. The minimum Gasteiger partial charge on any atom is -0.335 e. The lowest BCUT2D eigenvalue weighted by molar-refractivity contribution is -0.130. The number of nitrogens with one attached hydrogen (secondary N) is 1. The molecule has 1 amide bonds. The summed E-state index contributed by atoms with van der Waals surface area (Å²) in [6.45, 7) is 2.50. The smallest absolute Gasteiger partial charge is 0.223 e. The van der Waals surface area contributed by atoms with E-state index in [0.717, 1.165) is 25.9 Å². The van der Waals surface area contributed by atoms with Crippen molar-refractivity contribution in [3.8, 4) is 12.3 Å². The largest absolute Gasteiger partial charge is 0.335 e. The third-order valence-corrected chi connectivity index (χ3v) is 2.68. The van der Waals surface area contributed by atoms with Crippen LogP contribution in [0.3, 0.4) is 0 Å². The van der Waals surface area contributed by atoms with Crippen LogP contribution in [0.2, 0.25) is 0 Å². The van der Waals surface area contributed by atoms with Gasteiger partial charge in [0.2, 0.25) is 5.91 Å². The molecule has 1 aliphatic rings. The van der Waals surface area contributed by atoms with Crippen LogP contribution in [-0.4, -0.2) is 37.5 Å². The fraction of sp³-hybridized carbons (Fsp3) is 0.727. The number of terminal acetylenes is 1. The molecule has 1 aliphatic heterocycles. The second kappa shape index (κ2) is 5.66. The van der Waals surface area contributed by atoms with Crippen LogP contribution >= 0.6 is 0 Å². The van der Waals surface area contributed by atoms with Crippen LogP contribution in [0, 0.1) is 18.3 Å². The van der Waals surface area contributed by atoms with E-state index in [1.807, 2.05) is 0 Å². The highest BCUT2D eigenvalue weighted by atomic mass is 16.2. The molecule has 0 saturated carbocycles. The molecule has 0 aromatic rings. The standard InChI is InChI=1S/C11H18N2O/c1-3-8-13(2)11(14)9-10-4-6-12-7-5-10/h1,10,12H,4-9H2,2H3. The number of nitrogens with zero attached hydrogens (tertiary/aromatic N) is 1. The molecule has 0 aromatic heterocycles. The van der Waals surface area contributed by atoms with Gasteiger partial charge in [-0.05, 0) is 31.8 Å². The molecule has 0 spiro atoms. The van der Waals surface area contributed by atoms with Crippen molar-refractivity contribution in [1.82, 2.24) is 10.2 Å². The fourth-order valence-electron chi connectivity index (χ4n) is 1.71. The molecule has 14 heavy (non-hydrogen) atoms. The number of carbonyl (C=O) groups excluding carboxylic acids is 1. The van der Waals surface area contributed by atoms with Gasteiger partial charge in [0.15, 0.2) is 0 Å². The summed E-state index contributed by atoms with van der Waals surface area (Å²) in [4.78, 5) is 13.2. The van der Waals surface area contributed by atoms with E-state index in [1.165, 1.54) is 0 Å². The van der Waals surface area contributed by atoms with Gasteiger partial charge in [0.25, 0.3) is 0 Å². The summed E-state index contributed by atoms with van der Waals surface area (Å²) in [7, 11) is 1.77. The number of rotatable bonds is 3. The van der Waals surface area contributed by atoms with Crippen LogP contribution in [0.5, 0.6) is 0 Å². The number of hydrogen-bond donors (Lipinski definition) is 1. The van der Waals surface area contributed by atoms with Crippen molar-refractivity contribution in [1.29, 1.82) is 0 Å². The Kier molecular flexibility index (Phi) is 4.48. The van der Waals surface area contributed by atoms with E-state index in [2.05, 4.69) is 11.2 Å². The summed E-state index contributed by atoms with van der Waals surface area (Å²) < 4.78 is 0. The molecule has 1 fully saturated rings. The normalized spacial score (nSPS) is 17.4. The first-order valence-corrected chi connectivity index (χ1v) is 5.12. The minimum atomic E-state index is 0.176. The molecule has 78 valence electrons. The first-order chi connectivity index (χ1) is 6.74. The Morgan fingerprint density at radius 3 is 2.79 bits per heavy atom. The molecular formula is C11H18N2O. The third-order valence-electron chi connectivity index (χ3n) is 2.68. The van der Waals surface area contributed by atoms with Gasteiger partial charge in [0, 0.05) is 13.5 Å². The van der Waals surface area contributed by atoms with Gasteiger partial charge in [0.05, 0.1) is 6.54 Å². The van der Waals surface area contributed by atoms with Crippen molar-refractivity contribution in [2.24, 2.45) is 5.92 Å². The van der Waals surface area contributed by atoms with Crippen molar-refractivity contribution in [3.63, 3.8) is 0 Å². The summed E-state index contributed by atoms with van der Waals surface area (Å²) in [6, 6.07) is 0. The zero-order valence-electron chi connectivity index (χ0n) is 8.75. The van der Waals surface area contributed by atoms with Crippen LogP contribution in [0.25, 0.3) is 0 Å². The molecule has 1 rings (SSSR count). The third kappa shape index (κ3) is 3.39. The number of amides is 1. The number of carbonyl (C=O) groups is 1. The average molecular weight is 194 g/mol. The van der Waals surface area contributed by atoms with Gasteiger partial charge in [-0.3, -0.25) is 4.79 Å². The monoisotopic (exact) mass is 194 g/mol. The lowest BCUT2D eigenvalue weighted by Crippen LogP contribution is -2.33. The molecule has 0 unspecified atom stereocenters. The molecule has 1 heterocycles. The first kappa shape index (κ1) is 11.1. The van der Waals surface area contributed by atoms with Gasteiger partial charge in [-0.2, -0.15) is 0 Å². The van der Waals surface area contributed by atoms with E-state index in [-0.39, 0.29) is 5.91 Å². The van der Waals surface area contributed by atoms with E-state index in [4.69, 9.17) is 6.42 Å². The van der Waals surface area contributed by atoms with Crippen LogP contribution in [0.15, 0.2) is 0 Å². The van der Waals surface area contributed by atoms with Gasteiger partial charge in [-0.15, -0.1) is 6.42 Å². The Bertz CT molecular complexity index is 226. The maximum atomic E-state index is 11.6. The molecule has 3 heteroatoms. The first-order valence-electron chi connectivity index (χ1n) is 5.12. The Balaban J connectivity index is 2.28. The SMILES string of the molecule is C#CCN(C)C(=O)CC1CCNCC1. The second-order valence-electron chi connectivity index (χ2n) is 3.85. The molecule has 0 atom stereocenters. The highest BCUT2D eigenvalue weighted by Gasteiger charge is 2.18. The van der Waals surface area contributed by atoms with Gasteiger partial charge < -0.3 is 10.2 Å². The highest BCUT2D eigenvalue weighted by molar-refractivity contribution is 5.76. The Hall–Kier alpha value is -1.01. The number of hydrogen-bond acceptors (Lipinski definition) is 2. The predicted molar refractivity (Wildman–Crippen MR) is 56.7 cm³/mol. The summed E-state index contributed by atoms with van der Waals surface area (Å²) in [5.41, 5.74) is 0. The van der Waals surface area contributed by atoms with Crippen LogP contribution in [-0.2, 0) is 4.79 Å². The van der Waals surface area contributed by atoms with E-state index in [9.17, 15) is 4.79 Å². The average Bonchev–Trinajstić information content (AvgIpc) is 2.19. The van der Waals surface area contributed by atoms with E-state index < -0.39 is 0 Å². The number of piperidine rings is 1. The molecule has 1 N–H and O–H groups in total. The van der Waals surface area contributed by atoms with Gasteiger partial charge in [-0.1, -0.05) is 5.92 Å². The van der Waals surface area contributed by atoms with E-state index >= 15 is 0 Å². The van der Waals surface area contributed by atoms with Gasteiger partial charge in [0.1, 0.15) is 0 Å². The fourth-order valence-corrected chi connectivity index (χ4v) is 1.71. The lowest BCUT2D eigenvalue weighted by Gasteiger charge is -2.24. The minimum absolute atomic E-state index is 0.176. The quantitative estimate of drug-likeness (QED) is 0.662. The molecule has 3 nitrogen and oxygen atoms in total. The molecule has 0 radical (unpaired) electrons. The molecule has 0 aliphatic carbocycles. The summed E-state index contributed by atoms with van der Waals surface area (Å²) in [5, 5.41) is 3.29. The maximum absolute atomic E-state index is 11.6. The summed E-state index contributed by atoms with van der Waals surface area (Å²) in [5.74, 6) is 3.20. The second-order valence-corrected chi connectivity index (χ2v) is 3.85. The van der Waals surface area contributed by atoms with E-state index in [0.29, 0.717) is 18.9 Å². The summed E-state index contributed by atoms with van der Waals surface area (Å²) >= 11 is 0. The van der Waals surface area contributed by atoms with E-state index in [1.54, 1.807) is 11.9 Å². The topological polar surface area (TPSA) is 32.3 Å². The zero-order valence-corrected chi connectivity index (χ0v) is 8.75. The summed E-state index contributed by atoms with van der Waals surface area (Å²) in [6.07, 6.45) is 8.01. The van der Waals surface area contributed by atoms with Crippen molar-refractivity contribution in [3.05, 3.63) is 0 Å². The highest BCUT2D eigenvalue weighted by Crippen LogP contribution is 2.16. The van der Waals surface area contributed by atoms with Crippen LogP contribution in [0.4, 0.5) is 0 Å². The van der Waals surface area contributed by atoms with Gasteiger partial charge in [-0.25, -0.2) is 0 Å². The van der Waals surface area contributed by atoms with Crippen LogP contribution in [0.1, 0.15) is 19.3 Å². The molecular weight excluding hydrogens is 176 g/mol. The molecule has 1 saturated heterocycles. The Labute approximate surface area is 85.9 Å². The maximum Gasteiger partial charge on any atom is 0.223 e. The van der Waals surface area contributed by atoms with Gasteiger partial charge >= 0.3 is 0 Å².